The molecular weight excluding hydrogens is 194 g/mol. The lowest BCUT2D eigenvalue weighted by molar-refractivity contribution is 0.0667. The van der Waals surface area contributed by atoms with E-state index >= 15 is 0 Å². The van der Waals surface area contributed by atoms with E-state index in [0.717, 1.165) is 26.3 Å². The second-order valence-corrected chi connectivity index (χ2v) is 3.76. The first kappa shape index (κ1) is 12.3. The number of hydrogen-bond acceptors (Lipinski definition) is 3. The molecule has 1 rings (SSSR count). The number of guanidine groups is 1. The van der Waals surface area contributed by atoms with Gasteiger partial charge in [0, 0.05) is 13.1 Å². The van der Waals surface area contributed by atoms with Crippen LogP contribution in [0.1, 0.15) is 13.8 Å². The summed E-state index contributed by atoms with van der Waals surface area (Å²) in [6.07, 6.45) is 0.254. The number of morpholine rings is 1. The van der Waals surface area contributed by atoms with Crippen molar-refractivity contribution in [2.75, 3.05) is 39.5 Å². The quantitative estimate of drug-likeness (QED) is 0.409. The highest BCUT2D eigenvalue weighted by Crippen LogP contribution is 1.96. The average Bonchev–Trinajstić information content (AvgIpc) is 2.25. The van der Waals surface area contributed by atoms with Gasteiger partial charge in [0.15, 0.2) is 5.96 Å². The van der Waals surface area contributed by atoms with Crippen molar-refractivity contribution in [1.82, 2.24) is 4.90 Å². The average molecular weight is 215 g/mol. The van der Waals surface area contributed by atoms with E-state index in [1.807, 2.05) is 18.7 Å². The normalized spacial score (nSPS) is 18.6. The van der Waals surface area contributed by atoms with Gasteiger partial charge in [-0.15, -0.1) is 0 Å². The van der Waals surface area contributed by atoms with Crippen molar-refractivity contribution in [1.29, 1.82) is 0 Å². The molecule has 0 aromatic carbocycles. The molecule has 0 aromatic heterocycles. The van der Waals surface area contributed by atoms with Gasteiger partial charge in [-0.1, -0.05) is 0 Å². The standard InChI is InChI=1S/C10H21N3O2/c1-9(2)15-6-3-12-10(11)13-4-7-14-8-5-13/h9H,3-8H2,1-2H3,(H2,11,12). The number of nitrogens with zero attached hydrogens (tertiary/aromatic N) is 2. The number of ether oxygens (including phenoxy) is 2. The molecule has 0 aliphatic carbocycles. The summed E-state index contributed by atoms with van der Waals surface area (Å²) in [7, 11) is 0. The molecule has 1 heterocycles. The van der Waals surface area contributed by atoms with Gasteiger partial charge in [-0.25, -0.2) is 0 Å². The summed E-state index contributed by atoms with van der Waals surface area (Å²) in [5.74, 6) is 0.602. The highest BCUT2D eigenvalue weighted by Gasteiger charge is 2.11. The van der Waals surface area contributed by atoms with E-state index < -0.39 is 0 Å². The molecule has 1 aliphatic heterocycles. The van der Waals surface area contributed by atoms with Crippen molar-refractivity contribution in [2.24, 2.45) is 10.7 Å². The fourth-order valence-electron chi connectivity index (χ4n) is 1.34. The van der Waals surface area contributed by atoms with Crippen LogP contribution in [0.3, 0.4) is 0 Å². The lowest BCUT2D eigenvalue weighted by atomic mass is 10.4. The summed E-state index contributed by atoms with van der Waals surface area (Å²) in [6, 6.07) is 0. The summed E-state index contributed by atoms with van der Waals surface area (Å²) in [4.78, 5) is 6.30. The molecule has 88 valence electrons. The van der Waals surface area contributed by atoms with E-state index in [0.29, 0.717) is 19.1 Å². The smallest absolute Gasteiger partial charge is 0.191 e. The van der Waals surface area contributed by atoms with Crippen LogP contribution in [0, 0.1) is 0 Å². The zero-order valence-corrected chi connectivity index (χ0v) is 9.61. The maximum Gasteiger partial charge on any atom is 0.191 e. The Morgan fingerprint density at radius 3 is 2.73 bits per heavy atom. The SMILES string of the molecule is CC(C)OCCN=C(N)N1CCOCC1. The second kappa shape index (κ2) is 6.63. The third kappa shape index (κ3) is 4.99. The molecule has 0 radical (unpaired) electrons. The van der Waals surface area contributed by atoms with Crippen LogP contribution < -0.4 is 5.73 Å². The van der Waals surface area contributed by atoms with Crippen molar-refractivity contribution in [3.63, 3.8) is 0 Å². The van der Waals surface area contributed by atoms with Gasteiger partial charge in [0.2, 0.25) is 0 Å². The summed E-state index contributed by atoms with van der Waals surface area (Å²) >= 11 is 0. The number of rotatable bonds is 4. The molecule has 0 unspecified atom stereocenters. The fraction of sp³-hybridized carbons (Fsp3) is 0.900. The molecule has 1 aliphatic rings. The molecule has 1 fully saturated rings. The van der Waals surface area contributed by atoms with E-state index in [1.165, 1.54) is 0 Å². The lowest BCUT2D eigenvalue weighted by Crippen LogP contribution is -2.45. The molecule has 5 nitrogen and oxygen atoms in total. The zero-order chi connectivity index (χ0) is 11.1. The summed E-state index contributed by atoms with van der Waals surface area (Å²) in [6.45, 7) is 8.41. The number of hydrogen-bond donors (Lipinski definition) is 1. The van der Waals surface area contributed by atoms with Crippen molar-refractivity contribution in [3.8, 4) is 0 Å². The van der Waals surface area contributed by atoms with Crippen LogP contribution in [-0.2, 0) is 9.47 Å². The van der Waals surface area contributed by atoms with Gasteiger partial charge in [0.1, 0.15) is 0 Å². The monoisotopic (exact) mass is 215 g/mol. The largest absolute Gasteiger partial charge is 0.378 e. The van der Waals surface area contributed by atoms with Crippen LogP contribution in [0.15, 0.2) is 4.99 Å². The molecular formula is C10H21N3O2. The lowest BCUT2D eigenvalue weighted by Gasteiger charge is -2.27. The molecule has 2 N–H and O–H groups in total. The second-order valence-electron chi connectivity index (χ2n) is 3.76. The summed E-state index contributed by atoms with van der Waals surface area (Å²) in [5.41, 5.74) is 5.83. The topological polar surface area (TPSA) is 60.1 Å². The molecule has 5 heteroatoms. The predicted molar refractivity (Wildman–Crippen MR) is 60.0 cm³/mol. The molecule has 1 saturated heterocycles. The van der Waals surface area contributed by atoms with Crippen molar-refractivity contribution >= 4 is 5.96 Å². The van der Waals surface area contributed by atoms with Crippen LogP contribution in [0.25, 0.3) is 0 Å². The molecule has 0 atom stereocenters. The van der Waals surface area contributed by atoms with Gasteiger partial charge in [-0.3, -0.25) is 4.99 Å². The Kier molecular flexibility index (Phi) is 5.42. The first-order valence-electron chi connectivity index (χ1n) is 5.44. The molecule has 0 amide bonds. The van der Waals surface area contributed by atoms with Crippen LogP contribution in [0.5, 0.6) is 0 Å². The van der Waals surface area contributed by atoms with Crippen LogP contribution >= 0.6 is 0 Å². The molecule has 0 bridgehead atoms. The number of aliphatic imine (C=N–C) groups is 1. The minimum atomic E-state index is 0.254. The highest BCUT2D eigenvalue weighted by atomic mass is 16.5. The van der Waals surface area contributed by atoms with Gasteiger partial charge in [-0.05, 0) is 13.8 Å². The van der Waals surface area contributed by atoms with Gasteiger partial charge in [0.25, 0.3) is 0 Å². The third-order valence-corrected chi connectivity index (χ3v) is 2.15. The van der Waals surface area contributed by atoms with Gasteiger partial charge < -0.3 is 20.1 Å². The molecule has 15 heavy (non-hydrogen) atoms. The van der Waals surface area contributed by atoms with E-state index in [9.17, 15) is 0 Å². The number of nitrogens with two attached hydrogens (primary N) is 1. The highest BCUT2D eigenvalue weighted by molar-refractivity contribution is 5.78. The third-order valence-electron chi connectivity index (χ3n) is 2.15. The first-order valence-corrected chi connectivity index (χ1v) is 5.44. The Morgan fingerprint density at radius 2 is 2.13 bits per heavy atom. The molecule has 0 saturated carbocycles. The van der Waals surface area contributed by atoms with Crippen molar-refractivity contribution in [3.05, 3.63) is 0 Å². The van der Waals surface area contributed by atoms with Gasteiger partial charge >= 0.3 is 0 Å². The van der Waals surface area contributed by atoms with Gasteiger partial charge in [0.05, 0.1) is 32.5 Å². The Bertz CT molecular complexity index is 201. The Labute approximate surface area is 91.2 Å². The maximum atomic E-state index is 5.83. The zero-order valence-electron chi connectivity index (χ0n) is 9.61. The van der Waals surface area contributed by atoms with E-state index in [4.69, 9.17) is 15.2 Å². The van der Waals surface area contributed by atoms with Crippen molar-refractivity contribution < 1.29 is 9.47 Å². The summed E-state index contributed by atoms with van der Waals surface area (Å²) in [5, 5.41) is 0. The van der Waals surface area contributed by atoms with E-state index in [2.05, 4.69) is 4.99 Å². The predicted octanol–water partition coefficient (Wildman–Crippen LogP) is 0.0583. The molecule has 0 aromatic rings. The Morgan fingerprint density at radius 1 is 1.47 bits per heavy atom. The van der Waals surface area contributed by atoms with E-state index in [1.54, 1.807) is 0 Å². The molecule has 0 spiro atoms. The van der Waals surface area contributed by atoms with Crippen LogP contribution in [0.4, 0.5) is 0 Å². The minimum Gasteiger partial charge on any atom is -0.378 e. The van der Waals surface area contributed by atoms with Gasteiger partial charge in [-0.2, -0.15) is 0 Å². The van der Waals surface area contributed by atoms with E-state index in [-0.39, 0.29) is 6.10 Å². The van der Waals surface area contributed by atoms with Crippen molar-refractivity contribution in [2.45, 2.75) is 20.0 Å². The minimum absolute atomic E-state index is 0.254. The fourth-order valence-corrected chi connectivity index (χ4v) is 1.34. The van der Waals surface area contributed by atoms with Crippen LogP contribution in [-0.4, -0.2) is 56.4 Å². The summed E-state index contributed by atoms with van der Waals surface area (Å²) < 4.78 is 10.6. The first-order chi connectivity index (χ1) is 7.20. The Hall–Kier alpha value is -0.810. The maximum absolute atomic E-state index is 5.83. The Balaban J connectivity index is 2.19. The van der Waals surface area contributed by atoms with Crippen LogP contribution in [0.2, 0.25) is 0 Å².